The number of halogens is 5. The first kappa shape index (κ1) is 25.3. The molecule has 190 valence electrons. The Labute approximate surface area is 201 Å². The lowest BCUT2D eigenvalue weighted by atomic mass is 9.91. The fourth-order valence-corrected chi connectivity index (χ4v) is 3.95. The fraction of sp³-hybridized carbons (Fsp3) is 0.292. The van der Waals surface area contributed by atoms with Gasteiger partial charge in [-0.25, -0.2) is 18.7 Å². The summed E-state index contributed by atoms with van der Waals surface area (Å²) in [4.78, 5) is 18.4. The van der Waals surface area contributed by atoms with Crippen LogP contribution in [0.15, 0.2) is 54.9 Å². The van der Waals surface area contributed by atoms with Gasteiger partial charge in [-0.15, -0.1) is 0 Å². The van der Waals surface area contributed by atoms with Crippen LogP contribution in [0.3, 0.4) is 0 Å². The number of aliphatic carboxylic acids is 1. The minimum Gasteiger partial charge on any atom is -0.497 e. The zero-order valence-corrected chi connectivity index (χ0v) is 18.6. The molecule has 1 aliphatic rings. The van der Waals surface area contributed by atoms with Crippen LogP contribution in [0.25, 0.3) is 0 Å². The number of benzene rings is 2. The van der Waals surface area contributed by atoms with Gasteiger partial charge in [0.05, 0.1) is 37.4 Å². The first-order valence-electron chi connectivity index (χ1n) is 10.5. The van der Waals surface area contributed by atoms with Gasteiger partial charge >= 0.3 is 12.1 Å². The lowest BCUT2D eigenvalue weighted by molar-refractivity contribution is -0.147. The number of hydrogen-bond donors (Lipinski definition) is 1. The maximum Gasteiger partial charge on any atom is 0.451 e. The number of alkyl halides is 3. The quantitative estimate of drug-likeness (QED) is 0.328. The van der Waals surface area contributed by atoms with Crippen LogP contribution in [0.4, 0.5) is 22.0 Å². The maximum atomic E-state index is 14.1. The molecule has 1 aliphatic carbocycles. The summed E-state index contributed by atoms with van der Waals surface area (Å²) in [6.45, 7) is -0.123. The number of rotatable bonds is 9. The van der Waals surface area contributed by atoms with Crippen molar-refractivity contribution in [2.75, 3.05) is 7.11 Å². The summed E-state index contributed by atoms with van der Waals surface area (Å²) >= 11 is 0. The molecule has 1 heterocycles. The smallest absolute Gasteiger partial charge is 0.451 e. The molecule has 1 fully saturated rings. The molecule has 3 unspecified atom stereocenters. The Hall–Kier alpha value is -3.80. The van der Waals surface area contributed by atoms with Crippen molar-refractivity contribution >= 4 is 5.97 Å². The standard InChI is InChI=1S/C24H19F5N2O5/c1-34-17-4-2-13(3-5-17)12-35-22(36-18-10-30-21(31-11-18)24(27,28)29)23(9-19(23)20(32)33)14-6-15(25)8-16(26)7-14/h2-8,10-11,19,22H,9,12H2,1H3,(H,32,33). The monoisotopic (exact) mass is 510 g/mol. The Morgan fingerprint density at radius 3 is 2.19 bits per heavy atom. The second-order valence-electron chi connectivity index (χ2n) is 8.14. The van der Waals surface area contributed by atoms with Crippen molar-refractivity contribution in [1.82, 2.24) is 9.97 Å². The molecular formula is C24H19F5N2O5. The first-order chi connectivity index (χ1) is 17.0. The normalized spacial score (nSPS) is 20.0. The highest BCUT2D eigenvalue weighted by Crippen LogP contribution is 2.58. The molecule has 0 radical (unpaired) electrons. The van der Waals surface area contributed by atoms with E-state index in [2.05, 4.69) is 9.97 Å². The lowest BCUT2D eigenvalue weighted by Crippen LogP contribution is -2.38. The highest BCUT2D eigenvalue weighted by atomic mass is 19.4. The largest absolute Gasteiger partial charge is 0.497 e. The molecule has 0 aliphatic heterocycles. The molecular weight excluding hydrogens is 491 g/mol. The molecule has 1 N–H and O–H groups in total. The second kappa shape index (κ2) is 9.69. The van der Waals surface area contributed by atoms with E-state index in [0.29, 0.717) is 17.4 Å². The van der Waals surface area contributed by atoms with Crippen LogP contribution < -0.4 is 9.47 Å². The van der Waals surface area contributed by atoms with Gasteiger partial charge in [0.2, 0.25) is 12.1 Å². The molecule has 7 nitrogen and oxygen atoms in total. The van der Waals surface area contributed by atoms with Gasteiger partial charge in [0.1, 0.15) is 17.4 Å². The topological polar surface area (TPSA) is 90.8 Å². The van der Waals surface area contributed by atoms with E-state index in [9.17, 15) is 31.9 Å². The summed E-state index contributed by atoms with van der Waals surface area (Å²) in [5.41, 5.74) is -0.939. The van der Waals surface area contributed by atoms with E-state index >= 15 is 0 Å². The van der Waals surface area contributed by atoms with Gasteiger partial charge in [-0.1, -0.05) is 12.1 Å². The number of ether oxygens (including phenoxy) is 3. The van der Waals surface area contributed by atoms with Gasteiger partial charge in [-0.05, 0) is 41.8 Å². The van der Waals surface area contributed by atoms with Crippen molar-refractivity contribution in [3.8, 4) is 11.5 Å². The number of carboxylic acids is 1. The summed E-state index contributed by atoms with van der Waals surface area (Å²) in [5.74, 6) is -5.36. The SMILES string of the molecule is COc1ccc(COC(Oc2cnc(C(F)(F)F)nc2)C2(c3cc(F)cc(F)c3)CC2C(=O)O)cc1. The number of nitrogens with zero attached hydrogens (tertiary/aromatic N) is 2. The van der Waals surface area contributed by atoms with E-state index in [1.165, 1.54) is 7.11 Å². The number of carbonyl (C=O) groups is 1. The highest BCUT2D eigenvalue weighted by Gasteiger charge is 2.66. The molecule has 3 aromatic rings. The van der Waals surface area contributed by atoms with E-state index in [-0.39, 0.29) is 24.3 Å². The highest BCUT2D eigenvalue weighted by molar-refractivity contribution is 5.77. The summed E-state index contributed by atoms with van der Waals surface area (Å²) < 4.78 is 83.4. The molecule has 2 aromatic carbocycles. The zero-order valence-electron chi connectivity index (χ0n) is 18.6. The molecule has 3 atom stereocenters. The summed E-state index contributed by atoms with van der Waals surface area (Å²) in [7, 11) is 1.49. The average molecular weight is 510 g/mol. The van der Waals surface area contributed by atoms with E-state index in [1.807, 2.05) is 0 Å². The van der Waals surface area contributed by atoms with Crippen molar-refractivity contribution in [3.63, 3.8) is 0 Å². The third-order valence-corrected chi connectivity index (χ3v) is 5.81. The van der Waals surface area contributed by atoms with Crippen LogP contribution in [-0.4, -0.2) is 34.4 Å². The average Bonchev–Trinajstić information content (AvgIpc) is 3.59. The Morgan fingerprint density at radius 2 is 1.69 bits per heavy atom. The molecule has 4 rings (SSSR count). The summed E-state index contributed by atoms with van der Waals surface area (Å²) in [5, 5.41) is 9.71. The molecule has 1 aromatic heterocycles. The first-order valence-corrected chi connectivity index (χ1v) is 10.5. The van der Waals surface area contributed by atoms with Crippen LogP contribution in [-0.2, 0) is 27.7 Å². The van der Waals surface area contributed by atoms with Crippen molar-refractivity contribution in [2.45, 2.75) is 30.9 Å². The molecule has 0 bridgehead atoms. The van der Waals surface area contributed by atoms with Gasteiger partial charge in [-0.3, -0.25) is 4.79 Å². The maximum absolute atomic E-state index is 14.1. The molecule has 36 heavy (non-hydrogen) atoms. The summed E-state index contributed by atoms with van der Waals surface area (Å²) in [6, 6.07) is 9.25. The van der Waals surface area contributed by atoms with Crippen LogP contribution in [0.5, 0.6) is 11.5 Å². The van der Waals surface area contributed by atoms with Crippen molar-refractivity contribution in [1.29, 1.82) is 0 Å². The minimum absolute atomic E-state index is 0.0278. The lowest BCUT2D eigenvalue weighted by Gasteiger charge is -2.29. The van der Waals surface area contributed by atoms with Crippen LogP contribution in [0.1, 0.15) is 23.4 Å². The molecule has 1 saturated carbocycles. The van der Waals surface area contributed by atoms with Gasteiger partial charge in [-0.2, -0.15) is 13.2 Å². The number of methoxy groups -OCH3 is 1. The second-order valence-corrected chi connectivity index (χ2v) is 8.14. The minimum atomic E-state index is -4.78. The molecule has 0 saturated heterocycles. The van der Waals surface area contributed by atoms with Crippen LogP contribution in [0.2, 0.25) is 0 Å². The van der Waals surface area contributed by atoms with Crippen molar-refractivity contribution in [3.05, 3.63) is 83.4 Å². The molecule has 12 heteroatoms. The number of carboxylic acid groups (broad SMARTS) is 1. The Kier molecular flexibility index (Phi) is 6.81. The van der Waals surface area contributed by atoms with E-state index < -0.39 is 47.2 Å². The molecule has 0 spiro atoms. The van der Waals surface area contributed by atoms with E-state index in [1.54, 1.807) is 24.3 Å². The van der Waals surface area contributed by atoms with Crippen molar-refractivity contribution in [2.24, 2.45) is 5.92 Å². The third kappa shape index (κ3) is 5.23. The molecule has 0 amide bonds. The van der Waals surface area contributed by atoms with Crippen molar-refractivity contribution < 1.29 is 46.1 Å². The Morgan fingerprint density at radius 1 is 1.08 bits per heavy atom. The van der Waals surface area contributed by atoms with Gasteiger partial charge in [0.15, 0.2) is 5.75 Å². The van der Waals surface area contributed by atoms with Gasteiger partial charge in [0, 0.05) is 6.07 Å². The zero-order chi connectivity index (χ0) is 26.1. The number of hydrogen-bond acceptors (Lipinski definition) is 6. The van der Waals surface area contributed by atoms with Crippen LogP contribution in [0, 0.1) is 17.6 Å². The predicted octanol–water partition coefficient (Wildman–Crippen LogP) is 4.75. The van der Waals surface area contributed by atoms with E-state index in [0.717, 1.165) is 24.5 Å². The fourth-order valence-electron chi connectivity index (χ4n) is 3.95. The Balaban J connectivity index is 1.69. The third-order valence-electron chi connectivity index (χ3n) is 5.81. The van der Waals surface area contributed by atoms with Gasteiger partial charge in [0.25, 0.3) is 0 Å². The Bertz CT molecular complexity index is 1220. The van der Waals surface area contributed by atoms with Gasteiger partial charge < -0.3 is 19.3 Å². The predicted molar refractivity (Wildman–Crippen MR) is 113 cm³/mol. The summed E-state index contributed by atoms with van der Waals surface area (Å²) in [6.07, 6.45) is -4.83. The van der Waals surface area contributed by atoms with Crippen LogP contribution >= 0.6 is 0 Å². The van der Waals surface area contributed by atoms with E-state index in [4.69, 9.17) is 14.2 Å². The number of aromatic nitrogens is 2.